The van der Waals surface area contributed by atoms with Crippen molar-refractivity contribution in [2.75, 3.05) is 4.33 Å². The predicted molar refractivity (Wildman–Crippen MR) is 51.1 cm³/mol. The molecule has 0 saturated heterocycles. The van der Waals surface area contributed by atoms with Crippen LogP contribution in [-0.4, -0.2) is 17.3 Å². The van der Waals surface area contributed by atoms with E-state index in [0.717, 1.165) is 30.2 Å². The zero-order valence-electron chi connectivity index (χ0n) is 5.28. The molecule has 0 radical (unpaired) electrons. The fraction of sp³-hybridized carbons (Fsp3) is 0.500. The number of alkyl halides is 1. The molecule has 9 heavy (non-hydrogen) atoms. The molecular formula is C6H9BIN. The molecule has 0 fully saturated rings. The number of nitrogens with one attached hydrogen (secondary N) is 1. The molecular weight excluding hydrogens is 224 g/mol. The molecule has 0 heterocycles. The van der Waals surface area contributed by atoms with E-state index in [2.05, 4.69) is 28.7 Å². The van der Waals surface area contributed by atoms with E-state index in [0.29, 0.717) is 0 Å². The molecule has 0 aliphatic heterocycles. The van der Waals surface area contributed by atoms with Crippen molar-refractivity contribution >= 4 is 35.6 Å². The van der Waals surface area contributed by atoms with Gasteiger partial charge in [0.05, 0.1) is 0 Å². The normalized spacial score (nSPS) is 17.9. The summed E-state index contributed by atoms with van der Waals surface area (Å²) >= 11 is 2.35. The highest BCUT2D eigenvalue weighted by molar-refractivity contribution is 14.1. The van der Waals surface area contributed by atoms with Crippen molar-refractivity contribution in [3.05, 3.63) is 11.5 Å². The van der Waals surface area contributed by atoms with Crippen LogP contribution >= 0.6 is 22.6 Å². The molecule has 1 N–H and O–H groups in total. The lowest BCUT2D eigenvalue weighted by atomic mass is 9.71. The van der Waals surface area contributed by atoms with E-state index in [4.69, 9.17) is 5.41 Å². The molecule has 0 atom stereocenters. The van der Waals surface area contributed by atoms with Gasteiger partial charge in [0.25, 0.3) is 0 Å². The summed E-state index contributed by atoms with van der Waals surface area (Å²) in [6.45, 7) is 0. The lowest BCUT2D eigenvalue weighted by Gasteiger charge is -1.94. The second-order valence-electron chi connectivity index (χ2n) is 2.19. The van der Waals surface area contributed by atoms with Crippen LogP contribution in [0.5, 0.6) is 0 Å². The van der Waals surface area contributed by atoms with Gasteiger partial charge in [-0.15, -0.1) is 0 Å². The molecule has 0 aromatic carbocycles. The maximum absolute atomic E-state index is 7.44. The molecule has 1 nitrogen and oxygen atoms in total. The van der Waals surface area contributed by atoms with Gasteiger partial charge < -0.3 is 5.41 Å². The molecule has 0 unspecified atom stereocenters. The molecule has 0 saturated carbocycles. The molecule has 1 rings (SSSR count). The average molecular weight is 233 g/mol. The highest BCUT2D eigenvalue weighted by atomic mass is 127. The van der Waals surface area contributed by atoms with E-state index in [1.165, 1.54) is 5.47 Å². The maximum atomic E-state index is 7.44. The Kier molecular flexibility index (Phi) is 2.76. The Bertz CT molecular complexity index is 153. The summed E-state index contributed by atoms with van der Waals surface area (Å²) in [4.78, 5) is 0. The molecule has 0 amide bonds. The number of hydrogen-bond donors (Lipinski definition) is 1. The van der Waals surface area contributed by atoms with Crippen molar-refractivity contribution in [2.45, 2.75) is 12.8 Å². The van der Waals surface area contributed by atoms with Crippen molar-refractivity contribution in [2.24, 2.45) is 0 Å². The Morgan fingerprint density at radius 3 is 3.00 bits per heavy atom. The van der Waals surface area contributed by atoms with Gasteiger partial charge in [-0.1, -0.05) is 34.1 Å². The molecule has 48 valence electrons. The van der Waals surface area contributed by atoms with Gasteiger partial charge >= 0.3 is 0 Å². The van der Waals surface area contributed by atoms with Crippen molar-refractivity contribution in [3.8, 4) is 0 Å². The first-order valence-corrected chi connectivity index (χ1v) is 4.70. The number of hydrogen-bond acceptors (Lipinski definition) is 1. The SMILES string of the molecule is N=C1CCC=C1BCI. The van der Waals surface area contributed by atoms with Gasteiger partial charge in [-0.05, 0) is 17.2 Å². The fourth-order valence-corrected chi connectivity index (χ4v) is 1.61. The van der Waals surface area contributed by atoms with Crippen molar-refractivity contribution in [1.82, 2.24) is 0 Å². The second kappa shape index (κ2) is 3.39. The van der Waals surface area contributed by atoms with Crippen molar-refractivity contribution < 1.29 is 0 Å². The monoisotopic (exact) mass is 233 g/mol. The lowest BCUT2D eigenvalue weighted by Crippen LogP contribution is -2.04. The maximum Gasteiger partial charge on any atom is 0.170 e. The third-order valence-corrected chi connectivity index (χ3v) is 2.08. The van der Waals surface area contributed by atoms with Gasteiger partial charge in [0.1, 0.15) is 0 Å². The minimum atomic E-state index is 0.867. The van der Waals surface area contributed by atoms with E-state index in [9.17, 15) is 0 Å². The van der Waals surface area contributed by atoms with Crippen LogP contribution in [-0.2, 0) is 0 Å². The summed E-state index contributed by atoms with van der Waals surface area (Å²) < 4.78 is 1.14. The topological polar surface area (TPSA) is 23.9 Å². The number of rotatable bonds is 2. The Morgan fingerprint density at radius 2 is 2.56 bits per heavy atom. The zero-order valence-corrected chi connectivity index (χ0v) is 7.44. The minimum Gasteiger partial charge on any atom is -0.306 e. The van der Waals surface area contributed by atoms with Gasteiger partial charge in [0.2, 0.25) is 0 Å². The first kappa shape index (κ1) is 7.31. The van der Waals surface area contributed by atoms with E-state index in [1.807, 2.05) is 0 Å². The summed E-state index contributed by atoms with van der Waals surface area (Å²) in [7, 11) is 1.10. The van der Waals surface area contributed by atoms with Crippen LogP contribution in [0.4, 0.5) is 0 Å². The zero-order chi connectivity index (χ0) is 6.69. The van der Waals surface area contributed by atoms with Crippen molar-refractivity contribution in [3.63, 3.8) is 0 Å². The van der Waals surface area contributed by atoms with Crippen LogP contribution in [0, 0.1) is 5.41 Å². The molecule has 1 aliphatic rings. The highest BCUT2D eigenvalue weighted by Crippen LogP contribution is 2.12. The first-order valence-electron chi connectivity index (χ1n) is 3.17. The lowest BCUT2D eigenvalue weighted by molar-refractivity contribution is 1.13. The van der Waals surface area contributed by atoms with Gasteiger partial charge in [0, 0.05) is 5.71 Å². The molecule has 3 heteroatoms. The Balaban J connectivity index is 2.47. The fourth-order valence-electron chi connectivity index (χ4n) is 1.03. The Hall–Kier alpha value is 0.205. The third-order valence-electron chi connectivity index (χ3n) is 1.54. The summed E-state index contributed by atoms with van der Waals surface area (Å²) in [6.07, 6.45) is 4.28. The van der Waals surface area contributed by atoms with E-state index < -0.39 is 0 Å². The van der Waals surface area contributed by atoms with Gasteiger partial charge in [-0.2, -0.15) is 0 Å². The standard InChI is InChI=1S/C6H9BIN/c8-4-7-5-2-1-3-6(5)9/h2,7,9H,1,3-4H2. The molecule has 0 bridgehead atoms. The molecule has 1 aliphatic carbocycles. The van der Waals surface area contributed by atoms with Crippen molar-refractivity contribution in [1.29, 1.82) is 5.41 Å². The summed E-state index contributed by atoms with van der Waals surface area (Å²) in [5.41, 5.74) is 2.15. The minimum absolute atomic E-state index is 0.867. The largest absolute Gasteiger partial charge is 0.306 e. The van der Waals surface area contributed by atoms with Crippen LogP contribution < -0.4 is 0 Å². The van der Waals surface area contributed by atoms with Crippen LogP contribution in [0.15, 0.2) is 11.5 Å². The van der Waals surface area contributed by atoms with E-state index >= 15 is 0 Å². The number of halogens is 1. The van der Waals surface area contributed by atoms with Crippen LogP contribution in [0.2, 0.25) is 0 Å². The number of allylic oxidation sites excluding steroid dienone is 2. The molecule has 0 spiro atoms. The van der Waals surface area contributed by atoms with Gasteiger partial charge in [-0.25, -0.2) is 0 Å². The highest BCUT2D eigenvalue weighted by Gasteiger charge is 2.09. The molecule has 0 aromatic rings. The predicted octanol–water partition coefficient (Wildman–Crippen LogP) is 1.51. The molecule has 0 aromatic heterocycles. The Morgan fingerprint density at radius 1 is 1.78 bits per heavy atom. The van der Waals surface area contributed by atoms with Crippen LogP contribution in [0.1, 0.15) is 12.8 Å². The van der Waals surface area contributed by atoms with Crippen LogP contribution in [0.25, 0.3) is 0 Å². The second-order valence-corrected chi connectivity index (χ2v) is 3.26. The Labute approximate surface area is 69.8 Å². The van der Waals surface area contributed by atoms with E-state index in [1.54, 1.807) is 0 Å². The third kappa shape index (κ3) is 1.81. The summed E-state index contributed by atoms with van der Waals surface area (Å²) in [5.74, 6) is 0. The first-order chi connectivity index (χ1) is 4.34. The van der Waals surface area contributed by atoms with Gasteiger partial charge in [0.15, 0.2) is 7.28 Å². The van der Waals surface area contributed by atoms with E-state index in [-0.39, 0.29) is 0 Å². The van der Waals surface area contributed by atoms with Gasteiger partial charge in [-0.3, -0.25) is 0 Å². The average Bonchev–Trinajstić information content (AvgIpc) is 2.18. The van der Waals surface area contributed by atoms with Crippen LogP contribution in [0.3, 0.4) is 0 Å². The summed E-state index contributed by atoms with van der Waals surface area (Å²) in [5, 5.41) is 7.44. The quantitative estimate of drug-likeness (QED) is 0.424. The summed E-state index contributed by atoms with van der Waals surface area (Å²) in [6, 6.07) is 0. The smallest absolute Gasteiger partial charge is 0.170 e.